The van der Waals surface area contributed by atoms with Gasteiger partial charge in [0.25, 0.3) is 5.91 Å². The molecule has 2 aromatic rings. The van der Waals surface area contributed by atoms with Gasteiger partial charge in [-0.1, -0.05) is 24.5 Å². The molecule has 1 fully saturated rings. The van der Waals surface area contributed by atoms with Crippen molar-refractivity contribution in [2.45, 2.75) is 32.1 Å². The highest BCUT2D eigenvalue weighted by Crippen LogP contribution is 2.36. The number of nitrogens with one attached hydrogen (secondary N) is 1. The molecular formula is C23H26N4O. The van der Waals surface area contributed by atoms with Crippen molar-refractivity contribution in [1.29, 1.82) is 0 Å². The number of amides is 1. The first-order chi connectivity index (χ1) is 13.8. The lowest BCUT2D eigenvalue weighted by Crippen LogP contribution is -2.29. The Hall–Kier alpha value is -2.84. The lowest BCUT2D eigenvalue weighted by molar-refractivity contribution is 0.102. The molecule has 4 rings (SSSR count). The number of likely N-dealkylation sites (tertiary alicyclic amines) is 1. The molecule has 1 aromatic carbocycles. The van der Waals surface area contributed by atoms with Gasteiger partial charge in [0, 0.05) is 19.2 Å². The molecule has 1 amide bonds. The van der Waals surface area contributed by atoms with Crippen molar-refractivity contribution in [3.8, 4) is 11.8 Å². The molecule has 0 aliphatic carbocycles. The molecule has 1 aromatic heterocycles. The van der Waals surface area contributed by atoms with Crippen molar-refractivity contribution in [2.75, 3.05) is 36.4 Å². The van der Waals surface area contributed by atoms with Crippen molar-refractivity contribution < 1.29 is 4.79 Å². The minimum Gasteiger partial charge on any atom is -0.324 e. The Morgan fingerprint density at radius 1 is 1.04 bits per heavy atom. The molecular weight excluding hydrogens is 348 g/mol. The van der Waals surface area contributed by atoms with Crippen LogP contribution in [-0.4, -0.2) is 42.0 Å². The van der Waals surface area contributed by atoms with E-state index in [4.69, 9.17) is 0 Å². The number of hydrogen-bond donors (Lipinski definition) is 1. The van der Waals surface area contributed by atoms with Gasteiger partial charge in [0.05, 0.1) is 23.5 Å². The summed E-state index contributed by atoms with van der Waals surface area (Å²) in [7, 11) is 0. The highest BCUT2D eigenvalue weighted by Gasteiger charge is 2.25. The molecule has 2 aliphatic rings. The van der Waals surface area contributed by atoms with Crippen LogP contribution in [0.4, 0.5) is 17.2 Å². The van der Waals surface area contributed by atoms with Crippen LogP contribution >= 0.6 is 0 Å². The van der Waals surface area contributed by atoms with Crippen LogP contribution in [0.5, 0.6) is 0 Å². The third-order valence-electron chi connectivity index (χ3n) is 5.29. The van der Waals surface area contributed by atoms with Gasteiger partial charge in [0.1, 0.15) is 0 Å². The Bertz CT molecular complexity index is 893. The predicted octanol–water partition coefficient (Wildman–Crippen LogP) is 4.05. The van der Waals surface area contributed by atoms with E-state index in [-0.39, 0.29) is 5.91 Å². The van der Waals surface area contributed by atoms with Gasteiger partial charge >= 0.3 is 0 Å². The van der Waals surface area contributed by atoms with E-state index in [9.17, 15) is 4.79 Å². The highest BCUT2D eigenvalue weighted by molar-refractivity contribution is 6.11. The van der Waals surface area contributed by atoms with Crippen LogP contribution in [0.3, 0.4) is 0 Å². The molecule has 144 valence electrons. The molecule has 3 heterocycles. The minimum absolute atomic E-state index is 0.0892. The van der Waals surface area contributed by atoms with Crippen LogP contribution in [0.2, 0.25) is 0 Å². The topological polar surface area (TPSA) is 48.5 Å². The number of carbonyl (C=O) groups is 1. The smallest absolute Gasteiger partial charge is 0.257 e. The number of benzene rings is 1. The van der Waals surface area contributed by atoms with Crippen molar-refractivity contribution in [2.24, 2.45) is 0 Å². The second kappa shape index (κ2) is 8.90. The van der Waals surface area contributed by atoms with Gasteiger partial charge in [-0.25, -0.2) is 4.98 Å². The molecule has 1 saturated heterocycles. The van der Waals surface area contributed by atoms with Crippen LogP contribution < -0.4 is 10.2 Å². The van der Waals surface area contributed by atoms with Gasteiger partial charge in [-0.3, -0.25) is 9.69 Å². The number of nitrogens with zero attached hydrogens (tertiary/aromatic N) is 3. The quantitative estimate of drug-likeness (QED) is 0.648. The number of para-hydroxylation sites is 1. The fourth-order valence-corrected chi connectivity index (χ4v) is 3.84. The summed E-state index contributed by atoms with van der Waals surface area (Å²) in [6.45, 7) is 4.02. The molecule has 5 nitrogen and oxygen atoms in total. The van der Waals surface area contributed by atoms with E-state index in [0.29, 0.717) is 5.56 Å². The third kappa shape index (κ3) is 4.18. The first kappa shape index (κ1) is 18.5. The summed E-state index contributed by atoms with van der Waals surface area (Å²) < 4.78 is 0. The number of hydrogen-bond acceptors (Lipinski definition) is 4. The van der Waals surface area contributed by atoms with Crippen molar-refractivity contribution >= 4 is 23.1 Å². The third-order valence-corrected chi connectivity index (χ3v) is 5.29. The highest BCUT2D eigenvalue weighted by atomic mass is 16.1. The standard InChI is InChI=1S/C23H26N4O/c28-23-19-11-4-5-13-21(19)27(22-20(25-23)12-10-14-24-22)18-9-2-1-6-15-26-16-7-3-8-17-26/h4-5,10-14H,2-3,7-9,15-18H2,(H,25,28). The van der Waals surface area contributed by atoms with Gasteiger partial charge in [0.2, 0.25) is 0 Å². The molecule has 0 atom stereocenters. The average Bonchev–Trinajstić information content (AvgIpc) is 2.86. The van der Waals surface area contributed by atoms with Gasteiger partial charge in [-0.05, 0) is 56.6 Å². The van der Waals surface area contributed by atoms with E-state index in [0.717, 1.165) is 43.1 Å². The summed E-state index contributed by atoms with van der Waals surface area (Å²) >= 11 is 0. The Labute approximate surface area is 166 Å². The van der Waals surface area contributed by atoms with E-state index >= 15 is 0 Å². The molecule has 0 unspecified atom stereocenters. The van der Waals surface area contributed by atoms with Crippen LogP contribution in [-0.2, 0) is 0 Å². The second-order valence-corrected chi connectivity index (χ2v) is 7.29. The Morgan fingerprint density at radius 3 is 2.79 bits per heavy atom. The number of rotatable bonds is 4. The number of pyridine rings is 1. The lowest BCUT2D eigenvalue weighted by atomic mass is 10.1. The van der Waals surface area contributed by atoms with E-state index in [2.05, 4.69) is 31.9 Å². The second-order valence-electron chi connectivity index (χ2n) is 7.29. The molecule has 0 saturated carbocycles. The molecule has 2 aliphatic heterocycles. The van der Waals surface area contributed by atoms with E-state index in [1.54, 1.807) is 6.20 Å². The summed E-state index contributed by atoms with van der Waals surface area (Å²) in [5.74, 6) is 7.35. The van der Waals surface area contributed by atoms with E-state index in [1.807, 2.05) is 36.4 Å². The fraction of sp³-hybridized carbons (Fsp3) is 0.391. The van der Waals surface area contributed by atoms with Crippen molar-refractivity contribution in [3.05, 3.63) is 48.2 Å². The lowest BCUT2D eigenvalue weighted by Gasteiger charge is -2.24. The summed E-state index contributed by atoms with van der Waals surface area (Å²) in [6.07, 6.45) is 7.49. The van der Waals surface area contributed by atoms with Gasteiger partial charge in [-0.15, -0.1) is 5.92 Å². The fourth-order valence-electron chi connectivity index (χ4n) is 3.84. The zero-order chi connectivity index (χ0) is 19.2. The minimum atomic E-state index is -0.0892. The van der Waals surface area contributed by atoms with Crippen LogP contribution in [0.15, 0.2) is 42.6 Å². The predicted molar refractivity (Wildman–Crippen MR) is 113 cm³/mol. The maximum atomic E-state index is 12.6. The number of piperidine rings is 1. The summed E-state index contributed by atoms with van der Waals surface area (Å²) in [4.78, 5) is 21.7. The largest absolute Gasteiger partial charge is 0.324 e. The van der Waals surface area contributed by atoms with Gasteiger partial charge in [0.15, 0.2) is 5.82 Å². The molecule has 5 heteroatoms. The normalized spacial score (nSPS) is 16.3. The summed E-state index contributed by atoms with van der Waals surface area (Å²) in [5, 5.41) is 2.98. The van der Waals surface area contributed by atoms with E-state index < -0.39 is 0 Å². The van der Waals surface area contributed by atoms with Gasteiger partial charge in [-0.2, -0.15) is 0 Å². The molecule has 0 radical (unpaired) electrons. The van der Waals surface area contributed by atoms with Gasteiger partial charge < -0.3 is 10.2 Å². The zero-order valence-electron chi connectivity index (χ0n) is 16.2. The van der Waals surface area contributed by atoms with Crippen molar-refractivity contribution in [1.82, 2.24) is 9.88 Å². The average molecular weight is 374 g/mol. The number of carbonyl (C=O) groups excluding carboxylic acids is 1. The monoisotopic (exact) mass is 374 g/mol. The number of aromatic nitrogens is 1. The van der Waals surface area contributed by atoms with Crippen LogP contribution in [0, 0.1) is 11.8 Å². The summed E-state index contributed by atoms with van der Waals surface area (Å²) in [6, 6.07) is 11.5. The first-order valence-corrected chi connectivity index (χ1v) is 10.1. The van der Waals surface area contributed by atoms with Crippen molar-refractivity contribution in [3.63, 3.8) is 0 Å². The van der Waals surface area contributed by atoms with E-state index in [1.165, 1.54) is 32.4 Å². The summed E-state index contributed by atoms with van der Waals surface area (Å²) in [5.41, 5.74) is 2.33. The maximum Gasteiger partial charge on any atom is 0.257 e. The molecule has 1 N–H and O–H groups in total. The van der Waals surface area contributed by atoms with Crippen LogP contribution in [0.25, 0.3) is 0 Å². The molecule has 0 bridgehead atoms. The number of unbranched alkanes of at least 4 members (excludes halogenated alkanes) is 1. The Morgan fingerprint density at radius 2 is 1.89 bits per heavy atom. The number of anilines is 3. The van der Waals surface area contributed by atoms with Crippen LogP contribution in [0.1, 0.15) is 42.5 Å². The zero-order valence-corrected chi connectivity index (χ0v) is 16.2. The number of fused-ring (bicyclic) bond motifs is 2. The Balaban J connectivity index is 1.44. The molecule has 28 heavy (non-hydrogen) atoms. The first-order valence-electron chi connectivity index (χ1n) is 10.1. The maximum absolute atomic E-state index is 12.6. The molecule has 0 spiro atoms. The SMILES string of the molecule is O=C1Nc2cccnc2N(CCCC#CCN2CCCCC2)c2ccccc21. The Kier molecular flexibility index (Phi) is 5.89.